The molecule has 1 aromatic heterocycles. The Balaban J connectivity index is 2.15. The predicted octanol–water partition coefficient (Wildman–Crippen LogP) is 4.38. The van der Waals surface area contributed by atoms with Crippen LogP contribution in [0.3, 0.4) is 0 Å². The lowest BCUT2D eigenvalue weighted by Crippen LogP contribution is -2.03. The molecular weight excluding hydrogens is 378 g/mol. The smallest absolute Gasteiger partial charge is 0.324 e. The molecule has 0 spiro atoms. The van der Waals surface area contributed by atoms with Gasteiger partial charge in [-0.25, -0.2) is 4.63 Å². The Morgan fingerprint density at radius 2 is 2.00 bits per heavy atom. The molecule has 0 aliphatic heterocycles. The van der Waals surface area contributed by atoms with Crippen LogP contribution in [0.15, 0.2) is 33.4 Å². The van der Waals surface area contributed by atoms with Crippen LogP contribution >= 0.6 is 15.9 Å². The lowest BCUT2D eigenvalue weighted by molar-refractivity contribution is -0.382. The molecule has 0 fully saturated rings. The number of nitrogens with one attached hydrogen (secondary N) is 2. The van der Waals surface area contributed by atoms with E-state index in [1.807, 2.05) is 32.0 Å². The van der Waals surface area contributed by atoms with Crippen LogP contribution in [0.25, 0.3) is 11.0 Å². The summed E-state index contributed by atoms with van der Waals surface area (Å²) in [5, 5.41) is 25.2. The molecule has 0 aliphatic rings. The normalized spacial score (nSPS) is 10.8. The molecule has 0 saturated heterocycles. The Bertz CT molecular complexity index is 925. The summed E-state index contributed by atoms with van der Waals surface area (Å²) in [5.74, 6) is 0. The third-order valence-electron chi connectivity index (χ3n) is 3.51. The zero-order valence-electron chi connectivity index (χ0n) is 13.0. The van der Waals surface area contributed by atoms with Crippen LogP contribution in [0.1, 0.15) is 12.5 Å². The molecule has 2 N–H and O–H groups in total. The highest BCUT2D eigenvalue weighted by atomic mass is 79.9. The number of hydrogen-bond acceptors (Lipinski definition) is 7. The summed E-state index contributed by atoms with van der Waals surface area (Å²) in [5.41, 5.74) is 2.98. The van der Waals surface area contributed by atoms with Crippen LogP contribution in [0, 0.1) is 17.0 Å². The number of nitro benzene ring substituents is 1. The van der Waals surface area contributed by atoms with Gasteiger partial charge < -0.3 is 10.6 Å². The Labute approximate surface area is 145 Å². The minimum absolute atomic E-state index is 0.104. The summed E-state index contributed by atoms with van der Waals surface area (Å²) in [6, 6.07) is 7.26. The molecule has 9 heteroatoms. The number of anilines is 3. The van der Waals surface area contributed by atoms with E-state index in [0.717, 1.165) is 10.0 Å². The molecule has 0 unspecified atom stereocenters. The standard InChI is InChI=1S/C15H14BrN5O3/c1-3-17-11-7-12(18-9-5-4-8(2)10(16)6-9)15(21(22)23)14-13(11)19-24-20-14/h4-7,17-18H,3H2,1-2H3. The van der Waals surface area contributed by atoms with Gasteiger partial charge in [0.1, 0.15) is 5.69 Å². The fourth-order valence-electron chi connectivity index (χ4n) is 2.36. The van der Waals surface area contributed by atoms with Crippen molar-refractivity contribution >= 4 is 49.7 Å². The van der Waals surface area contributed by atoms with Crippen molar-refractivity contribution in [3.8, 4) is 0 Å². The molecule has 24 heavy (non-hydrogen) atoms. The van der Waals surface area contributed by atoms with E-state index in [4.69, 9.17) is 4.63 Å². The van der Waals surface area contributed by atoms with Crippen LogP contribution in [0.5, 0.6) is 0 Å². The van der Waals surface area contributed by atoms with Crippen LogP contribution in [0.4, 0.5) is 22.7 Å². The minimum atomic E-state index is -0.492. The van der Waals surface area contributed by atoms with E-state index in [0.29, 0.717) is 29.1 Å². The molecule has 3 rings (SSSR count). The van der Waals surface area contributed by atoms with E-state index < -0.39 is 4.92 Å². The maximum atomic E-state index is 11.5. The second-order valence-corrected chi connectivity index (χ2v) is 6.01. The summed E-state index contributed by atoms with van der Waals surface area (Å²) in [7, 11) is 0. The third-order valence-corrected chi connectivity index (χ3v) is 4.37. The topological polar surface area (TPSA) is 106 Å². The number of fused-ring (bicyclic) bond motifs is 1. The van der Waals surface area contributed by atoms with Gasteiger partial charge in [0.25, 0.3) is 0 Å². The van der Waals surface area contributed by atoms with Gasteiger partial charge in [-0.1, -0.05) is 22.0 Å². The summed E-state index contributed by atoms with van der Waals surface area (Å²) >= 11 is 3.46. The number of rotatable bonds is 5. The fourth-order valence-corrected chi connectivity index (χ4v) is 2.74. The Morgan fingerprint density at radius 3 is 2.67 bits per heavy atom. The Kier molecular flexibility index (Phi) is 4.34. The molecule has 124 valence electrons. The van der Waals surface area contributed by atoms with Gasteiger partial charge in [0, 0.05) is 16.7 Å². The second kappa shape index (κ2) is 6.44. The average molecular weight is 392 g/mol. The average Bonchev–Trinajstić information content (AvgIpc) is 3.00. The van der Waals surface area contributed by atoms with E-state index in [-0.39, 0.29) is 11.2 Å². The molecule has 0 radical (unpaired) electrons. The summed E-state index contributed by atoms with van der Waals surface area (Å²) in [4.78, 5) is 11.0. The highest BCUT2D eigenvalue weighted by Gasteiger charge is 2.25. The van der Waals surface area contributed by atoms with E-state index in [1.165, 1.54) is 0 Å². The molecule has 3 aromatic rings. The number of halogens is 1. The zero-order valence-corrected chi connectivity index (χ0v) is 14.5. The van der Waals surface area contributed by atoms with Gasteiger partial charge in [-0.2, -0.15) is 0 Å². The first-order valence-corrected chi connectivity index (χ1v) is 8.01. The minimum Gasteiger partial charge on any atom is -0.383 e. The number of hydrogen-bond donors (Lipinski definition) is 2. The lowest BCUT2D eigenvalue weighted by atomic mass is 10.1. The number of benzene rings is 2. The molecule has 0 amide bonds. The highest BCUT2D eigenvalue weighted by Crippen LogP contribution is 2.38. The van der Waals surface area contributed by atoms with Crippen molar-refractivity contribution in [2.45, 2.75) is 13.8 Å². The van der Waals surface area contributed by atoms with Crippen molar-refractivity contribution in [2.75, 3.05) is 17.2 Å². The van der Waals surface area contributed by atoms with Gasteiger partial charge in [0.15, 0.2) is 5.52 Å². The van der Waals surface area contributed by atoms with Gasteiger partial charge in [-0.15, -0.1) is 0 Å². The molecular formula is C15H14BrN5O3. The van der Waals surface area contributed by atoms with Gasteiger partial charge in [-0.3, -0.25) is 10.1 Å². The first kappa shape index (κ1) is 16.2. The maximum absolute atomic E-state index is 11.5. The third kappa shape index (κ3) is 2.90. The molecule has 0 bridgehead atoms. The van der Waals surface area contributed by atoms with E-state index >= 15 is 0 Å². The number of nitrogens with zero attached hydrogens (tertiary/aromatic N) is 3. The van der Waals surface area contributed by atoms with Gasteiger partial charge in [0.05, 0.1) is 10.6 Å². The van der Waals surface area contributed by atoms with Crippen LogP contribution < -0.4 is 10.6 Å². The molecule has 0 atom stereocenters. The number of nitro groups is 1. The predicted molar refractivity (Wildman–Crippen MR) is 94.8 cm³/mol. The van der Waals surface area contributed by atoms with E-state index in [1.54, 1.807) is 6.07 Å². The quantitative estimate of drug-likeness (QED) is 0.490. The van der Waals surface area contributed by atoms with Crippen molar-refractivity contribution in [1.29, 1.82) is 0 Å². The van der Waals surface area contributed by atoms with Crippen molar-refractivity contribution < 1.29 is 9.55 Å². The largest absolute Gasteiger partial charge is 0.383 e. The summed E-state index contributed by atoms with van der Waals surface area (Å²) in [6.45, 7) is 4.52. The number of aromatic nitrogens is 2. The molecule has 0 aliphatic carbocycles. The zero-order chi connectivity index (χ0) is 17.3. The van der Waals surface area contributed by atoms with E-state index in [9.17, 15) is 10.1 Å². The van der Waals surface area contributed by atoms with Crippen molar-refractivity contribution in [3.63, 3.8) is 0 Å². The highest BCUT2D eigenvalue weighted by molar-refractivity contribution is 9.10. The summed E-state index contributed by atoms with van der Waals surface area (Å²) in [6.07, 6.45) is 0. The first-order valence-electron chi connectivity index (χ1n) is 7.22. The van der Waals surface area contributed by atoms with Gasteiger partial charge >= 0.3 is 5.69 Å². The Morgan fingerprint density at radius 1 is 1.25 bits per heavy atom. The second-order valence-electron chi connectivity index (χ2n) is 5.16. The lowest BCUT2D eigenvalue weighted by Gasteiger charge is -2.11. The van der Waals surface area contributed by atoms with Crippen molar-refractivity contribution in [2.24, 2.45) is 0 Å². The molecule has 0 saturated carbocycles. The van der Waals surface area contributed by atoms with Gasteiger partial charge in [0.2, 0.25) is 5.52 Å². The molecule has 2 aromatic carbocycles. The van der Waals surface area contributed by atoms with Crippen molar-refractivity contribution in [3.05, 3.63) is 44.4 Å². The maximum Gasteiger partial charge on any atom is 0.324 e. The van der Waals surface area contributed by atoms with Crippen LogP contribution in [0.2, 0.25) is 0 Å². The summed E-state index contributed by atoms with van der Waals surface area (Å²) < 4.78 is 5.61. The van der Waals surface area contributed by atoms with Crippen molar-refractivity contribution in [1.82, 2.24) is 10.3 Å². The Hall–Kier alpha value is -2.68. The first-order chi connectivity index (χ1) is 11.5. The monoisotopic (exact) mass is 391 g/mol. The van der Waals surface area contributed by atoms with E-state index in [2.05, 4.69) is 36.9 Å². The van der Waals surface area contributed by atoms with Gasteiger partial charge in [-0.05, 0) is 47.9 Å². The van der Waals surface area contributed by atoms with Crippen LogP contribution in [-0.4, -0.2) is 21.8 Å². The fraction of sp³-hybridized carbons (Fsp3) is 0.200. The SMILES string of the molecule is CCNc1cc(Nc2ccc(C)c(Br)c2)c([N+](=O)[O-])c2nonc12. The van der Waals surface area contributed by atoms with Crippen LogP contribution in [-0.2, 0) is 0 Å². The number of aryl methyl sites for hydroxylation is 1. The molecule has 8 nitrogen and oxygen atoms in total. The molecule has 1 heterocycles.